The lowest BCUT2D eigenvalue weighted by atomic mass is 10.1. The Balaban J connectivity index is 1.81. The molecule has 0 aliphatic carbocycles. The van der Waals surface area contributed by atoms with Crippen LogP contribution in [0.2, 0.25) is 10.0 Å². The van der Waals surface area contributed by atoms with E-state index in [1.165, 1.54) is 12.2 Å². The Bertz CT molecular complexity index is 775. The van der Waals surface area contributed by atoms with Crippen molar-refractivity contribution in [3.8, 4) is 0 Å². The van der Waals surface area contributed by atoms with Gasteiger partial charge in [0.05, 0.1) is 6.04 Å². The molecule has 25 heavy (non-hydrogen) atoms. The lowest BCUT2D eigenvalue weighted by Crippen LogP contribution is -2.30. The van der Waals surface area contributed by atoms with Crippen LogP contribution in [-0.2, 0) is 14.3 Å². The van der Waals surface area contributed by atoms with E-state index in [2.05, 4.69) is 5.32 Å². The molecule has 0 saturated carbocycles. The molecule has 2 aromatic carbocycles. The molecule has 0 spiro atoms. The lowest BCUT2D eigenvalue weighted by molar-refractivity contribution is -0.144. The zero-order valence-electron chi connectivity index (χ0n) is 13.5. The third-order valence-electron chi connectivity index (χ3n) is 3.38. The molecule has 2 rings (SSSR count). The summed E-state index contributed by atoms with van der Waals surface area (Å²) >= 11 is 11.8. The van der Waals surface area contributed by atoms with Gasteiger partial charge in [-0.2, -0.15) is 0 Å². The number of ether oxygens (including phenoxy) is 1. The van der Waals surface area contributed by atoms with Crippen LogP contribution in [0.3, 0.4) is 0 Å². The number of esters is 1. The van der Waals surface area contributed by atoms with Crippen molar-refractivity contribution in [1.29, 1.82) is 0 Å². The SMILES string of the molecule is CC(NC(=O)COC(=O)/C=C/c1ccc(Cl)cc1Cl)c1ccccc1. The molecule has 0 bridgehead atoms. The topological polar surface area (TPSA) is 55.4 Å². The maximum Gasteiger partial charge on any atom is 0.331 e. The summed E-state index contributed by atoms with van der Waals surface area (Å²) < 4.78 is 4.92. The molecule has 0 aliphatic rings. The van der Waals surface area contributed by atoms with E-state index in [9.17, 15) is 9.59 Å². The average Bonchev–Trinajstić information content (AvgIpc) is 2.60. The fourth-order valence-electron chi connectivity index (χ4n) is 2.09. The highest BCUT2D eigenvalue weighted by molar-refractivity contribution is 6.35. The van der Waals surface area contributed by atoms with Crippen LogP contribution < -0.4 is 5.32 Å². The van der Waals surface area contributed by atoms with Crippen LogP contribution in [0.25, 0.3) is 6.08 Å². The van der Waals surface area contributed by atoms with Gasteiger partial charge in [-0.25, -0.2) is 4.79 Å². The number of amides is 1. The molecule has 130 valence electrons. The van der Waals surface area contributed by atoms with E-state index < -0.39 is 5.97 Å². The van der Waals surface area contributed by atoms with Crippen molar-refractivity contribution in [2.45, 2.75) is 13.0 Å². The molecule has 0 aliphatic heterocycles. The Labute approximate surface area is 156 Å². The van der Waals surface area contributed by atoms with E-state index in [0.29, 0.717) is 15.6 Å². The summed E-state index contributed by atoms with van der Waals surface area (Å²) in [6, 6.07) is 14.3. The van der Waals surface area contributed by atoms with Crippen LogP contribution in [0, 0.1) is 0 Å². The molecule has 0 radical (unpaired) electrons. The summed E-state index contributed by atoms with van der Waals surface area (Å²) in [5.74, 6) is -1.00. The van der Waals surface area contributed by atoms with E-state index >= 15 is 0 Å². The lowest BCUT2D eigenvalue weighted by Gasteiger charge is -2.13. The third-order valence-corrected chi connectivity index (χ3v) is 3.95. The zero-order chi connectivity index (χ0) is 18.2. The molecular formula is C19H17Cl2NO3. The Hall–Kier alpha value is -2.30. The smallest absolute Gasteiger partial charge is 0.331 e. The van der Waals surface area contributed by atoms with Crippen LogP contribution in [0.1, 0.15) is 24.1 Å². The van der Waals surface area contributed by atoms with E-state index in [1.807, 2.05) is 37.3 Å². The minimum atomic E-state index is -0.631. The maximum absolute atomic E-state index is 11.8. The second kappa shape index (κ2) is 9.25. The number of rotatable bonds is 6. The molecule has 0 fully saturated rings. The predicted molar refractivity (Wildman–Crippen MR) is 99.5 cm³/mol. The highest BCUT2D eigenvalue weighted by Gasteiger charge is 2.10. The normalized spacial score (nSPS) is 12.0. The second-order valence-electron chi connectivity index (χ2n) is 5.31. The van der Waals surface area contributed by atoms with Crippen molar-refractivity contribution in [2.75, 3.05) is 6.61 Å². The van der Waals surface area contributed by atoms with Gasteiger partial charge >= 0.3 is 5.97 Å². The van der Waals surface area contributed by atoms with Gasteiger partial charge in [-0.1, -0.05) is 59.6 Å². The number of carbonyl (C=O) groups excluding carboxylic acids is 2. The minimum Gasteiger partial charge on any atom is -0.452 e. The van der Waals surface area contributed by atoms with Crippen molar-refractivity contribution in [3.63, 3.8) is 0 Å². The monoisotopic (exact) mass is 377 g/mol. The largest absolute Gasteiger partial charge is 0.452 e. The zero-order valence-corrected chi connectivity index (χ0v) is 15.1. The van der Waals surface area contributed by atoms with Crippen molar-refractivity contribution in [1.82, 2.24) is 5.32 Å². The molecule has 1 N–H and O–H groups in total. The standard InChI is InChI=1S/C19H17Cl2NO3/c1-13(14-5-3-2-4-6-14)22-18(23)12-25-19(24)10-8-15-7-9-16(20)11-17(15)21/h2-11,13H,12H2,1H3,(H,22,23)/b10-8+. The molecule has 2 aromatic rings. The first-order valence-corrected chi connectivity index (χ1v) is 8.35. The van der Waals surface area contributed by atoms with Gasteiger partial charge in [0.25, 0.3) is 5.91 Å². The first-order chi connectivity index (χ1) is 12.0. The first kappa shape index (κ1) is 19.0. The van der Waals surface area contributed by atoms with Crippen LogP contribution in [-0.4, -0.2) is 18.5 Å². The molecule has 1 amide bonds. The van der Waals surface area contributed by atoms with Gasteiger partial charge in [-0.3, -0.25) is 4.79 Å². The van der Waals surface area contributed by atoms with Crippen LogP contribution in [0.15, 0.2) is 54.6 Å². The fraction of sp³-hybridized carbons (Fsp3) is 0.158. The van der Waals surface area contributed by atoms with E-state index in [0.717, 1.165) is 5.56 Å². The fourth-order valence-corrected chi connectivity index (χ4v) is 2.56. The van der Waals surface area contributed by atoms with E-state index in [4.69, 9.17) is 27.9 Å². The Kier molecular flexibility index (Phi) is 7.04. The van der Waals surface area contributed by atoms with Gasteiger partial charge in [-0.05, 0) is 36.3 Å². The number of hydrogen-bond donors (Lipinski definition) is 1. The number of nitrogens with one attached hydrogen (secondary N) is 1. The van der Waals surface area contributed by atoms with Gasteiger partial charge in [-0.15, -0.1) is 0 Å². The molecule has 0 saturated heterocycles. The number of benzene rings is 2. The second-order valence-corrected chi connectivity index (χ2v) is 6.15. The maximum atomic E-state index is 11.8. The minimum absolute atomic E-state index is 0.171. The number of halogens is 2. The summed E-state index contributed by atoms with van der Waals surface area (Å²) in [5.41, 5.74) is 1.60. The van der Waals surface area contributed by atoms with Crippen molar-refractivity contribution in [2.24, 2.45) is 0 Å². The molecule has 1 unspecified atom stereocenters. The molecule has 1 atom stereocenters. The molecule has 0 aromatic heterocycles. The number of hydrogen-bond acceptors (Lipinski definition) is 3. The Morgan fingerprint density at radius 2 is 1.88 bits per heavy atom. The summed E-state index contributed by atoms with van der Waals surface area (Å²) in [5, 5.41) is 3.70. The van der Waals surface area contributed by atoms with Gasteiger partial charge in [0.1, 0.15) is 0 Å². The van der Waals surface area contributed by atoms with Gasteiger partial charge in [0, 0.05) is 16.1 Å². The predicted octanol–water partition coefficient (Wildman–Crippen LogP) is 4.43. The van der Waals surface area contributed by atoms with Crippen LogP contribution in [0.5, 0.6) is 0 Å². The van der Waals surface area contributed by atoms with Crippen LogP contribution in [0.4, 0.5) is 0 Å². The highest BCUT2D eigenvalue weighted by atomic mass is 35.5. The molecule has 0 heterocycles. The van der Waals surface area contributed by atoms with E-state index in [1.54, 1.807) is 18.2 Å². The summed E-state index contributed by atoms with van der Waals surface area (Å²) in [6.45, 7) is 1.51. The summed E-state index contributed by atoms with van der Waals surface area (Å²) in [6.07, 6.45) is 2.72. The average molecular weight is 378 g/mol. The third kappa shape index (κ3) is 6.25. The molecule has 4 nitrogen and oxygen atoms in total. The molecule has 6 heteroatoms. The van der Waals surface area contributed by atoms with Crippen LogP contribution >= 0.6 is 23.2 Å². The quantitative estimate of drug-likeness (QED) is 0.598. The van der Waals surface area contributed by atoms with Crippen molar-refractivity contribution >= 4 is 41.2 Å². The van der Waals surface area contributed by atoms with Gasteiger partial charge < -0.3 is 10.1 Å². The summed E-state index contributed by atoms with van der Waals surface area (Å²) in [4.78, 5) is 23.5. The van der Waals surface area contributed by atoms with Gasteiger partial charge in [0.2, 0.25) is 0 Å². The van der Waals surface area contributed by atoms with Crippen molar-refractivity contribution < 1.29 is 14.3 Å². The summed E-state index contributed by atoms with van der Waals surface area (Å²) in [7, 11) is 0. The highest BCUT2D eigenvalue weighted by Crippen LogP contribution is 2.21. The van der Waals surface area contributed by atoms with E-state index in [-0.39, 0.29) is 18.6 Å². The number of carbonyl (C=O) groups is 2. The first-order valence-electron chi connectivity index (χ1n) is 7.60. The Morgan fingerprint density at radius 3 is 2.56 bits per heavy atom. The molecular weight excluding hydrogens is 361 g/mol. The van der Waals surface area contributed by atoms with Crippen molar-refractivity contribution in [3.05, 3.63) is 75.8 Å². The Morgan fingerprint density at radius 1 is 1.16 bits per heavy atom. The van der Waals surface area contributed by atoms with Gasteiger partial charge in [0.15, 0.2) is 6.61 Å².